The van der Waals surface area contributed by atoms with Crippen LogP contribution in [0.5, 0.6) is 0 Å². The quantitative estimate of drug-likeness (QED) is 0.353. The molecule has 166 valence electrons. The van der Waals surface area contributed by atoms with Crippen molar-refractivity contribution >= 4 is 5.97 Å². The molecule has 0 aliphatic heterocycles. The molecule has 0 aromatic rings. The molecule has 0 saturated carbocycles. The Bertz CT molecular complexity index is 633. The van der Waals surface area contributed by atoms with Crippen LogP contribution in [0.4, 0.5) is 61.5 Å². The largest absolute Gasteiger partial charge is 0.473 e. The summed E-state index contributed by atoms with van der Waals surface area (Å²) in [6.07, 6.45) is -14.6. The summed E-state index contributed by atoms with van der Waals surface area (Å²) >= 11 is 0. The number of carbonyl (C=O) groups is 1. The smallest absolute Gasteiger partial charge is 0.393 e. The highest BCUT2D eigenvalue weighted by molar-refractivity contribution is 5.87. The van der Waals surface area contributed by atoms with Gasteiger partial charge >= 0.3 is 47.8 Å². The lowest BCUT2D eigenvalue weighted by Crippen LogP contribution is -2.74. The number of halogens is 14. The number of hydrogen-bond donors (Lipinski definition) is 1. The highest BCUT2D eigenvalue weighted by Crippen LogP contribution is 2.61. The number of ether oxygens (including phenoxy) is 1. The van der Waals surface area contributed by atoms with E-state index in [0.29, 0.717) is 6.92 Å². The molecule has 0 fully saturated rings. The van der Waals surface area contributed by atoms with E-state index in [2.05, 4.69) is 11.3 Å². The Kier molecular flexibility index (Phi) is 6.19. The maximum Gasteiger partial charge on any atom is 0.473 e. The Morgan fingerprint density at radius 2 is 1.07 bits per heavy atom. The zero-order chi connectivity index (χ0) is 23.4. The molecule has 0 aromatic carbocycles. The van der Waals surface area contributed by atoms with Crippen molar-refractivity contribution in [1.82, 2.24) is 0 Å². The first-order chi connectivity index (χ1) is 11.8. The van der Waals surface area contributed by atoms with Gasteiger partial charge in [-0.2, -0.15) is 61.5 Å². The predicted octanol–water partition coefficient (Wildman–Crippen LogP) is 4.46. The van der Waals surface area contributed by atoms with Gasteiger partial charge in [-0.25, -0.2) is 4.79 Å². The molecule has 0 spiro atoms. The van der Waals surface area contributed by atoms with Gasteiger partial charge < -0.3 is 9.84 Å². The zero-order valence-electron chi connectivity index (χ0n) is 12.8. The molecule has 17 heteroatoms. The second-order valence-electron chi connectivity index (χ2n) is 5.10. The van der Waals surface area contributed by atoms with Crippen LogP contribution < -0.4 is 0 Å². The van der Waals surface area contributed by atoms with E-state index >= 15 is 0 Å². The summed E-state index contributed by atoms with van der Waals surface area (Å²) in [5.41, 5.74) is -1.18. The topological polar surface area (TPSA) is 46.5 Å². The van der Waals surface area contributed by atoms with Gasteiger partial charge in [-0.15, -0.1) is 0 Å². The Morgan fingerprint density at radius 1 is 0.714 bits per heavy atom. The van der Waals surface area contributed by atoms with Crippen molar-refractivity contribution in [1.29, 1.82) is 0 Å². The Balaban J connectivity index is 6.47. The summed E-state index contributed by atoms with van der Waals surface area (Å²) in [5, 5.41) is 8.28. The van der Waals surface area contributed by atoms with Gasteiger partial charge in [-0.05, 0) is 6.92 Å². The fourth-order valence-corrected chi connectivity index (χ4v) is 1.24. The maximum absolute atomic E-state index is 13.4. The number of alkyl halides is 14. The summed E-state index contributed by atoms with van der Waals surface area (Å²) in [5.74, 6) is -42.5. The van der Waals surface area contributed by atoms with Crippen LogP contribution in [-0.2, 0) is 9.53 Å². The van der Waals surface area contributed by atoms with E-state index in [1.165, 1.54) is 0 Å². The number of hydrogen-bond acceptors (Lipinski definition) is 3. The summed E-state index contributed by atoms with van der Waals surface area (Å²) in [4.78, 5) is 10.7. The molecule has 0 radical (unpaired) electrons. The fourth-order valence-electron chi connectivity index (χ4n) is 1.24. The lowest BCUT2D eigenvalue weighted by Gasteiger charge is -2.42. The first-order valence-corrected chi connectivity index (χ1v) is 6.09. The summed E-state index contributed by atoms with van der Waals surface area (Å²) in [6, 6.07) is 0. The summed E-state index contributed by atoms with van der Waals surface area (Å²) < 4.78 is 182. The average molecular weight is 452 g/mol. The predicted molar refractivity (Wildman–Crippen MR) is 57.8 cm³/mol. The molecular formula is C11H6F14O3. The third kappa shape index (κ3) is 3.47. The van der Waals surface area contributed by atoms with Crippen LogP contribution in [0.2, 0.25) is 0 Å². The second-order valence-corrected chi connectivity index (χ2v) is 5.10. The molecule has 0 bridgehead atoms. The number of carbonyl (C=O) groups excluding carboxylic acids is 1. The minimum atomic E-state index is -8.22. The number of esters is 1. The monoisotopic (exact) mass is 452 g/mol. The van der Waals surface area contributed by atoms with Gasteiger partial charge in [0.05, 0.1) is 0 Å². The fraction of sp³-hybridized carbons (Fsp3) is 0.727. The van der Waals surface area contributed by atoms with Crippen molar-refractivity contribution < 1.29 is 76.1 Å². The standard InChI is InChI=1S/C11H6F14O3/c1-3(2)4(26)28-11(24,25)8(18,19)9(20,27)6(14,15)5(12,13)7(16,17)10(21,22)23/h27H,1H2,2H3. The van der Waals surface area contributed by atoms with Crippen LogP contribution in [0, 0.1) is 0 Å². The third-order valence-corrected chi connectivity index (χ3v) is 2.91. The van der Waals surface area contributed by atoms with Crippen LogP contribution in [0.15, 0.2) is 12.2 Å². The van der Waals surface area contributed by atoms with Crippen LogP contribution in [0.3, 0.4) is 0 Å². The normalized spacial score (nSPS) is 17.1. The lowest BCUT2D eigenvalue weighted by molar-refractivity contribution is -0.482. The van der Waals surface area contributed by atoms with Crippen molar-refractivity contribution in [2.45, 2.75) is 48.8 Å². The molecule has 1 N–H and O–H groups in total. The minimum Gasteiger partial charge on any atom is -0.393 e. The van der Waals surface area contributed by atoms with Crippen LogP contribution >= 0.6 is 0 Å². The average Bonchev–Trinajstić information content (AvgIpc) is 2.44. The Hall–Kier alpha value is -1.81. The molecule has 0 aromatic heterocycles. The number of aliphatic hydroxyl groups is 1. The zero-order valence-corrected chi connectivity index (χ0v) is 12.8. The van der Waals surface area contributed by atoms with Crippen molar-refractivity contribution in [2.75, 3.05) is 0 Å². The van der Waals surface area contributed by atoms with Crippen molar-refractivity contribution in [2.24, 2.45) is 0 Å². The van der Waals surface area contributed by atoms with E-state index in [9.17, 15) is 66.3 Å². The van der Waals surface area contributed by atoms with Crippen molar-refractivity contribution in [3.8, 4) is 0 Å². The van der Waals surface area contributed by atoms with Gasteiger partial charge in [0.15, 0.2) is 0 Å². The van der Waals surface area contributed by atoms with Gasteiger partial charge in [0.1, 0.15) is 0 Å². The van der Waals surface area contributed by atoms with Crippen LogP contribution in [-0.4, -0.2) is 52.9 Å². The van der Waals surface area contributed by atoms with E-state index < -0.39 is 53.4 Å². The van der Waals surface area contributed by atoms with Gasteiger partial charge in [0, 0.05) is 5.57 Å². The molecule has 1 unspecified atom stereocenters. The van der Waals surface area contributed by atoms with E-state index in [1.807, 2.05) is 0 Å². The summed E-state index contributed by atoms with van der Waals surface area (Å²) in [7, 11) is 0. The van der Waals surface area contributed by atoms with Gasteiger partial charge in [0.25, 0.3) is 0 Å². The van der Waals surface area contributed by atoms with Crippen molar-refractivity contribution in [3.05, 3.63) is 12.2 Å². The molecule has 28 heavy (non-hydrogen) atoms. The van der Waals surface area contributed by atoms with Gasteiger partial charge in [-0.1, -0.05) is 6.58 Å². The molecule has 3 nitrogen and oxygen atoms in total. The first-order valence-electron chi connectivity index (χ1n) is 6.09. The maximum atomic E-state index is 13.4. The van der Waals surface area contributed by atoms with Gasteiger partial charge in [0.2, 0.25) is 0 Å². The third-order valence-electron chi connectivity index (χ3n) is 2.91. The Morgan fingerprint density at radius 3 is 1.36 bits per heavy atom. The molecule has 0 aliphatic rings. The highest BCUT2D eigenvalue weighted by Gasteiger charge is 2.93. The molecule has 0 amide bonds. The lowest BCUT2D eigenvalue weighted by atomic mass is 9.92. The molecule has 1 atom stereocenters. The van der Waals surface area contributed by atoms with E-state index in [4.69, 9.17) is 5.11 Å². The molecule has 0 heterocycles. The molecule has 0 aliphatic carbocycles. The Labute approximate surface area is 144 Å². The van der Waals surface area contributed by atoms with Crippen LogP contribution in [0.1, 0.15) is 6.92 Å². The SMILES string of the molecule is C=C(C)C(=O)OC(F)(F)C(F)(F)C(O)(F)C(F)(F)C(F)(F)C(F)(F)C(F)(F)F. The summed E-state index contributed by atoms with van der Waals surface area (Å²) in [6.45, 7) is 3.01. The van der Waals surface area contributed by atoms with Crippen LogP contribution in [0.25, 0.3) is 0 Å². The van der Waals surface area contributed by atoms with Crippen molar-refractivity contribution in [3.63, 3.8) is 0 Å². The number of rotatable bonds is 7. The highest BCUT2D eigenvalue weighted by atomic mass is 19.4. The van der Waals surface area contributed by atoms with E-state index in [1.54, 1.807) is 0 Å². The molecular weight excluding hydrogens is 446 g/mol. The van der Waals surface area contributed by atoms with E-state index in [0.717, 1.165) is 0 Å². The molecule has 0 saturated heterocycles. The minimum absolute atomic E-state index is 0.477. The first kappa shape index (κ1) is 26.2. The molecule has 0 rings (SSSR count). The second kappa shape index (κ2) is 6.62. The van der Waals surface area contributed by atoms with Gasteiger partial charge in [-0.3, -0.25) is 0 Å². The van der Waals surface area contributed by atoms with E-state index in [-0.39, 0.29) is 0 Å².